The third kappa shape index (κ3) is 5.46. The van der Waals surface area contributed by atoms with E-state index in [4.69, 9.17) is 4.42 Å². The lowest BCUT2D eigenvalue weighted by molar-refractivity contribution is 0.332. The molecule has 2 aliphatic carbocycles. The van der Waals surface area contributed by atoms with E-state index in [0.29, 0.717) is 0 Å². The minimum absolute atomic E-state index is 0.0354. The van der Waals surface area contributed by atoms with Crippen molar-refractivity contribution in [2.75, 3.05) is 9.80 Å². The molecule has 4 aliphatic rings. The standard InChI is InChI=1S/C59H57BN2O/c1-35-27-50-55-51(28-35)62(47-20-16-22-53-54(47)39-19-14-15-21-52(39)63-53)49-32-42-40(56(3,4)25-26-57(42,5)6)30-44(49)60(55)45-31-41-43(59(9,10)34-58(41,7)8)33-48(45)61(50)46-24-23-38(29-36(46)2)37-17-12-11-13-18-37/h11-24,27-33H,25-26,34H2,1-10H3. The van der Waals surface area contributed by atoms with Gasteiger partial charge in [0.15, 0.2) is 0 Å². The fourth-order valence-electron chi connectivity index (χ4n) is 12.8. The zero-order chi connectivity index (χ0) is 43.5. The third-order valence-corrected chi connectivity index (χ3v) is 15.8. The molecule has 0 spiro atoms. The molecule has 0 saturated carbocycles. The van der Waals surface area contributed by atoms with Gasteiger partial charge < -0.3 is 14.2 Å². The van der Waals surface area contributed by atoms with Gasteiger partial charge in [0, 0.05) is 33.8 Å². The summed E-state index contributed by atoms with van der Waals surface area (Å²) in [6.45, 7) is 24.4. The Labute approximate surface area is 373 Å². The predicted octanol–water partition coefficient (Wildman–Crippen LogP) is 14.3. The summed E-state index contributed by atoms with van der Waals surface area (Å²) in [7, 11) is 0. The van der Waals surface area contributed by atoms with Crippen LogP contribution in [0.2, 0.25) is 0 Å². The highest BCUT2D eigenvalue weighted by molar-refractivity contribution is 7.00. The van der Waals surface area contributed by atoms with Gasteiger partial charge in [0.1, 0.15) is 11.2 Å². The molecule has 12 rings (SSSR count). The molecule has 312 valence electrons. The smallest absolute Gasteiger partial charge is 0.252 e. The molecule has 0 atom stereocenters. The van der Waals surface area contributed by atoms with Crippen molar-refractivity contribution in [3.8, 4) is 11.1 Å². The first-order valence-corrected chi connectivity index (χ1v) is 23.2. The summed E-state index contributed by atoms with van der Waals surface area (Å²) in [5.74, 6) is 0. The Kier molecular flexibility index (Phi) is 7.86. The van der Waals surface area contributed by atoms with Crippen LogP contribution >= 0.6 is 0 Å². The van der Waals surface area contributed by atoms with E-state index >= 15 is 0 Å². The molecule has 3 nitrogen and oxygen atoms in total. The maximum absolute atomic E-state index is 6.63. The molecular weight excluding hydrogens is 763 g/mol. The maximum atomic E-state index is 6.63. The monoisotopic (exact) mass is 820 g/mol. The van der Waals surface area contributed by atoms with Crippen molar-refractivity contribution in [1.29, 1.82) is 0 Å². The van der Waals surface area contributed by atoms with E-state index in [1.807, 2.05) is 0 Å². The Bertz CT molecular complexity index is 3260. The van der Waals surface area contributed by atoms with Crippen LogP contribution in [0.15, 0.2) is 132 Å². The van der Waals surface area contributed by atoms with Gasteiger partial charge in [-0.3, -0.25) is 0 Å². The van der Waals surface area contributed by atoms with Crippen LogP contribution in [0.4, 0.5) is 34.1 Å². The Hall–Kier alpha value is -6.00. The van der Waals surface area contributed by atoms with Gasteiger partial charge in [0.25, 0.3) is 6.71 Å². The highest BCUT2D eigenvalue weighted by atomic mass is 16.3. The summed E-state index contributed by atoms with van der Waals surface area (Å²) in [6.07, 6.45) is 3.45. The largest absolute Gasteiger partial charge is 0.456 e. The van der Waals surface area contributed by atoms with Gasteiger partial charge in [0.2, 0.25) is 0 Å². The number of nitrogens with zero attached hydrogens (tertiary/aromatic N) is 2. The van der Waals surface area contributed by atoms with Gasteiger partial charge in [-0.05, 0) is 170 Å². The van der Waals surface area contributed by atoms with Crippen molar-refractivity contribution in [1.82, 2.24) is 0 Å². The van der Waals surface area contributed by atoms with E-state index in [9.17, 15) is 0 Å². The summed E-state index contributed by atoms with van der Waals surface area (Å²) in [5, 5.41) is 2.31. The Morgan fingerprint density at radius 3 is 1.67 bits per heavy atom. The van der Waals surface area contributed by atoms with Crippen molar-refractivity contribution in [3.63, 3.8) is 0 Å². The van der Waals surface area contributed by atoms with Gasteiger partial charge >= 0.3 is 0 Å². The molecule has 63 heavy (non-hydrogen) atoms. The van der Waals surface area contributed by atoms with Crippen molar-refractivity contribution in [2.45, 2.75) is 110 Å². The molecule has 3 heterocycles. The molecule has 0 fully saturated rings. The minimum atomic E-state index is 0.0354. The quantitative estimate of drug-likeness (QED) is 0.166. The average Bonchev–Trinajstić information content (AvgIpc) is 3.72. The molecule has 4 heteroatoms. The van der Waals surface area contributed by atoms with Crippen LogP contribution in [0, 0.1) is 13.8 Å². The van der Waals surface area contributed by atoms with Gasteiger partial charge in [-0.1, -0.05) is 128 Å². The first-order valence-electron chi connectivity index (χ1n) is 23.2. The molecule has 0 saturated heterocycles. The van der Waals surface area contributed by atoms with E-state index in [2.05, 4.69) is 206 Å². The van der Waals surface area contributed by atoms with E-state index < -0.39 is 0 Å². The number of aryl methyl sites for hydroxylation is 2. The summed E-state index contributed by atoms with van der Waals surface area (Å²) < 4.78 is 6.63. The number of hydrogen-bond donors (Lipinski definition) is 0. The Balaban J connectivity index is 1.22. The Morgan fingerprint density at radius 1 is 0.460 bits per heavy atom. The molecule has 1 aromatic heterocycles. The minimum Gasteiger partial charge on any atom is -0.456 e. The highest BCUT2D eigenvalue weighted by Gasteiger charge is 2.50. The second-order valence-electron chi connectivity index (χ2n) is 22.1. The van der Waals surface area contributed by atoms with Crippen LogP contribution in [-0.2, 0) is 21.7 Å². The maximum Gasteiger partial charge on any atom is 0.252 e. The van der Waals surface area contributed by atoms with Crippen LogP contribution in [0.25, 0.3) is 33.1 Å². The van der Waals surface area contributed by atoms with Crippen LogP contribution in [0.3, 0.4) is 0 Å². The van der Waals surface area contributed by atoms with Crippen LogP contribution in [0.5, 0.6) is 0 Å². The number of furan rings is 1. The van der Waals surface area contributed by atoms with E-state index in [1.165, 1.54) is 95.8 Å². The van der Waals surface area contributed by atoms with Gasteiger partial charge in [-0.15, -0.1) is 0 Å². The van der Waals surface area contributed by atoms with Crippen LogP contribution in [-0.4, -0.2) is 6.71 Å². The SMILES string of the molecule is Cc1cc2c3c(c1)N(c1cccc4oc5ccccc5c14)c1cc4c(cc1B3c1cc3c(cc1N2c1ccc(-c2ccccc2)cc1C)C(C)(C)CC3(C)C)C(C)(C)CCC4(C)C. The molecule has 0 bridgehead atoms. The van der Waals surface area contributed by atoms with Crippen molar-refractivity contribution in [2.24, 2.45) is 0 Å². The third-order valence-electron chi connectivity index (χ3n) is 15.8. The molecule has 2 aliphatic heterocycles. The number of fused-ring (bicyclic) bond motifs is 9. The predicted molar refractivity (Wildman–Crippen MR) is 269 cm³/mol. The lowest BCUT2D eigenvalue weighted by Gasteiger charge is -2.48. The fraction of sp³-hybridized carbons (Fsp3) is 0.288. The van der Waals surface area contributed by atoms with Crippen molar-refractivity contribution < 1.29 is 4.42 Å². The number of benzene rings is 7. The van der Waals surface area contributed by atoms with Gasteiger partial charge in [-0.2, -0.15) is 0 Å². The molecule has 7 aromatic carbocycles. The second kappa shape index (κ2) is 12.8. The highest BCUT2D eigenvalue weighted by Crippen LogP contribution is 2.55. The number of hydrogen-bond acceptors (Lipinski definition) is 3. The molecule has 0 radical (unpaired) electrons. The number of para-hydroxylation sites is 1. The normalized spacial score (nSPS) is 18.2. The summed E-state index contributed by atoms with van der Waals surface area (Å²) in [6, 6.07) is 48.6. The molecule has 0 amide bonds. The average molecular weight is 821 g/mol. The summed E-state index contributed by atoms with van der Waals surface area (Å²) in [4.78, 5) is 5.28. The molecule has 0 unspecified atom stereocenters. The molecule has 8 aromatic rings. The van der Waals surface area contributed by atoms with Crippen molar-refractivity contribution in [3.05, 3.63) is 161 Å². The van der Waals surface area contributed by atoms with Crippen LogP contribution in [0.1, 0.15) is 108 Å². The summed E-state index contributed by atoms with van der Waals surface area (Å²) in [5.41, 5.74) is 24.7. The first-order chi connectivity index (χ1) is 30.0. The number of anilines is 6. The van der Waals surface area contributed by atoms with E-state index in [1.54, 1.807) is 0 Å². The van der Waals surface area contributed by atoms with Gasteiger partial charge in [0.05, 0.1) is 11.1 Å². The summed E-state index contributed by atoms with van der Waals surface area (Å²) >= 11 is 0. The lowest BCUT2D eigenvalue weighted by atomic mass is 9.32. The van der Waals surface area contributed by atoms with E-state index in [-0.39, 0.29) is 28.4 Å². The Morgan fingerprint density at radius 2 is 1.02 bits per heavy atom. The molecular formula is C59H57BN2O. The van der Waals surface area contributed by atoms with E-state index in [0.717, 1.165) is 40.5 Å². The molecule has 0 N–H and O–H groups in total. The van der Waals surface area contributed by atoms with Crippen LogP contribution < -0.4 is 26.2 Å². The zero-order valence-corrected chi connectivity index (χ0v) is 38.6. The number of rotatable bonds is 3. The zero-order valence-electron chi connectivity index (χ0n) is 38.6. The second-order valence-corrected chi connectivity index (χ2v) is 22.1. The fourth-order valence-corrected chi connectivity index (χ4v) is 12.8. The topological polar surface area (TPSA) is 19.6 Å². The first kappa shape index (κ1) is 38.7. The lowest BCUT2D eigenvalue weighted by Crippen LogP contribution is -2.62. The van der Waals surface area contributed by atoms with Crippen molar-refractivity contribution >= 4 is 79.2 Å². The van der Waals surface area contributed by atoms with Gasteiger partial charge in [-0.25, -0.2) is 0 Å².